The van der Waals surface area contributed by atoms with Gasteiger partial charge in [0.1, 0.15) is 5.78 Å². The fourth-order valence-electron chi connectivity index (χ4n) is 2.25. The van der Waals surface area contributed by atoms with Crippen LogP contribution in [0.1, 0.15) is 19.8 Å². The third-order valence-corrected chi connectivity index (χ3v) is 2.85. The van der Waals surface area contributed by atoms with Crippen molar-refractivity contribution in [3.05, 3.63) is 24.3 Å². The monoisotopic (exact) mass is 162 g/mol. The molecule has 1 nitrogen and oxygen atoms in total. The third kappa shape index (κ3) is 1.24. The predicted octanol–water partition coefficient (Wildman–Crippen LogP) is 2.34. The highest BCUT2D eigenvalue weighted by atomic mass is 16.1. The first-order valence-corrected chi connectivity index (χ1v) is 4.65. The van der Waals surface area contributed by atoms with Gasteiger partial charge in [-0.25, -0.2) is 0 Å². The summed E-state index contributed by atoms with van der Waals surface area (Å²) in [6, 6.07) is 0. The molecule has 2 aliphatic carbocycles. The molecule has 1 saturated carbocycles. The molecule has 12 heavy (non-hydrogen) atoms. The van der Waals surface area contributed by atoms with E-state index in [1.54, 1.807) is 0 Å². The molecule has 0 spiro atoms. The van der Waals surface area contributed by atoms with Gasteiger partial charge in [0.15, 0.2) is 0 Å². The van der Waals surface area contributed by atoms with Gasteiger partial charge in [0.05, 0.1) is 0 Å². The first kappa shape index (κ1) is 7.78. The van der Waals surface area contributed by atoms with Crippen molar-refractivity contribution in [3.63, 3.8) is 0 Å². The fraction of sp³-hybridized carbons (Fsp3) is 0.545. The van der Waals surface area contributed by atoms with Gasteiger partial charge in [0.25, 0.3) is 0 Å². The summed E-state index contributed by atoms with van der Waals surface area (Å²) in [6.45, 7) is 2.17. The highest BCUT2D eigenvalue weighted by Gasteiger charge is 2.32. The van der Waals surface area contributed by atoms with E-state index in [2.05, 4.69) is 25.2 Å². The van der Waals surface area contributed by atoms with Crippen LogP contribution in [-0.2, 0) is 4.79 Å². The van der Waals surface area contributed by atoms with E-state index in [-0.39, 0.29) is 5.92 Å². The number of fused-ring (bicyclic) bond motifs is 1. The molecule has 0 aromatic carbocycles. The Kier molecular flexibility index (Phi) is 1.87. The van der Waals surface area contributed by atoms with Crippen molar-refractivity contribution in [2.24, 2.45) is 17.8 Å². The normalized spacial score (nSPS) is 39.8. The molecule has 2 rings (SSSR count). The lowest BCUT2D eigenvalue weighted by Crippen LogP contribution is -2.30. The highest BCUT2D eigenvalue weighted by Crippen LogP contribution is 2.34. The molecule has 0 aromatic rings. The summed E-state index contributed by atoms with van der Waals surface area (Å²) in [5.74, 6) is 1.70. The van der Waals surface area contributed by atoms with E-state index in [1.165, 1.54) is 6.42 Å². The molecule has 1 heteroatoms. The van der Waals surface area contributed by atoms with Gasteiger partial charge in [0, 0.05) is 12.3 Å². The van der Waals surface area contributed by atoms with Crippen LogP contribution in [0.2, 0.25) is 0 Å². The molecule has 3 unspecified atom stereocenters. The Balaban J connectivity index is 2.19. The number of hydrogen-bond donors (Lipinski definition) is 0. The minimum absolute atomic E-state index is 0.200. The molecular weight excluding hydrogens is 148 g/mol. The lowest BCUT2D eigenvalue weighted by Gasteiger charge is -2.31. The third-order valence-electron chi connectivity index (χ3n) is 2.85. The molecular formula is C11H14O. The largest absolute Gasteiger partial charge is 0.299 e. The number of carbonyl (C=O) groups excluding carboxylic acids is 1. The molecule has 0 heterocycles. The zero-order chi connectivity index (χ0) is 8.55. The van der Waals surface area contributed by atoms with Crippen molar-refractivity contribution in [3.8, 4) is 0 Å². The SMILES string of the molecule is CC1CC(=O)C2C=CC=CC2C1. The van der Waals surface area contributed by atoms with Crippen LogP contribution in [0.4, 0.5) is 0 Å². The van der Waals surface area contributed by atoms with Crippen LogP contribution < -0.4 is 0 Å². The summed E-state index contributed by atoms with van der Waals surface area (Å²) in [5, 5.41) is 0. The maximum atomic E-state index is 11.6. The number of ketones is 1. The second kappa shape index (κ2) is 2.89. The second-order valence-electron chi connectivity index (χ2n) is 3.97. The van der Waals surface area contributed by atoms with Gasteiger partial charge in [-0.2, -0.15) is 0 Å². The lowest BCUT2D eigenvalue weighted by molar-refractivity contribution is -0.125. The Morgan fingerprint density at radius 3 is 2.92 bits per heavy atom. The number of hydrogen-bond acceptors (Lipinski definition) is 1. The summed E-state index contributed by atoms with van der Waals surface area (Å²) >= 11 is 0. The average molecular weight is 162 g/mol. The lowest BCUT2D eigenvalue weighted by atomic mass is 9.72. The van der Waals surface area contributed by atoms with Crippen LogP contribution >= 0.6 is 0 Å². The Bertz CT molecular complexity index is 250. The average Bonchev–Trinajstić information content (AvgIpc) is 2.04. The second-order valence-corrected chi connectivity index (χ2v) is 3.97. The van der Waals surface area contributed by atoms with Crippen LogP contribution in [0.3, 0.4) is 0 Å². The minimum atomic E-state index is 0.200. The number of Topliss-reactive ketones (excluding diaryl/α,β-unsaturated/α-hetero) is 1. The highest BCUT2D eigenvalue weighted by molar-refractivity contribution is 5.84. The van der Waals surface area contributed by atoms with Gasteiger partial charge in [-0.05, 0) is 18.3 Å². The Morgan fingerprint density at radius 1 is 1.33 bits per heavy atom. The number of rotatable bonds is 0. The van der Waals surface area contributed by atoms with Crippen LogP contribution in [0.25, 0.3) is 0 Å². The summed E-state index contributed by atoms with van der Waals surface area (Å²) in [4.78, 5) is 11.6. The molecule has 2 aliphatic rings. The van der Waals surface area contributed by atoms with Gasteiger partial charge in [-0.3, -0.25) is 4.79 Å². The van der Waals surface area contributed by atoms with E-state index in [9.17, 15) is 4.79 Å². The van der Waals surface area contributed by atoms with Crippen LogP contribution in [-0.4, -0.2) is 5.78 Å². The topological polar surface area (TPSA) is 17.1 Å². The summed E-state index contributed by atoms with van der Waals surface area (Å²) in [7, 11) is 0. The van der Waals surface area contributed by atoms with Gasteiger partial charge >= 0.3 is 0 Å². The van der Waals surface area contributed by atoms with Crippen LogP contribution in [0.5, 0.6) is 0 Å². The molecule has 64 valence electrons. The van der Waals surface area contributed by atoms with E-state index in [1.807, 2.05) is 6.08 Å². The molecule has 0 bridgehead atoms. The first-order chi connectivity index (χ1) is 5.77. The summed E-state index contributed by atoms with van der Waals surface area (Å²) < 4.78 is 0. The maximum absolute atomic E-state index is 11.6. The van der Waals surface area contributed by atoms with E-state index >= 15 is 0 Å². The van der Waals surface area contributed by atoms with E-state index in [4.69, 9.17) is 0 Å². The van der Waals surface area contributed by atoms with Gasteiger partial charge in [-0.1, -0.05) is 31.2 Å². The molecule has 0 radical (unpaired) electrons. The predicted molar refractivity (Wildman–Crippen MR) is 48.7 cm³/mol. The first-order valence-electron chi connectivity index (χ1n) is 4.65. The Morgan fingerprint density at radius 2 is 2.08 bits per heavy atom. The molecule has 0 N–H and O–H groups in total. The van der Waals surface area contributed by atoms with Gasteiger partial charge in [0.2, 0.25) is 0 Å². The molecule has 0 amide bonds. The minimum Gasteiger partial charge on any atom is -0.299 e. The fourth-order valence-corrected chi connectivity index (χ4v) is 2.25. The molecule has 3 atom stereocenters. The van der Waals surface area contributed by atoms with Crippen molar-refractivity contribution in [2.75, 3.05) is 0 Å². The van der Waals surface area contributed by atoms with Crippen molar-refractivity contribution in [1.82, 2.24) is 0 Å². The quantitative estimate of drug-likeness (QED) is 0.534. The van der Waals surface area contributed by atoms with E-state index in [0.29, 0.717) is 17.6 Å². The zero-order valence-electron chi connectivity index (χ0n) is 7.36. The van der Waals surface area contributed by atoms with Gasteiger partial charge in [-0.15, -0.1) is 0 Å². The van der Waals surface area contributed by atoms with Crippen molar-refractivity contribution in [1.29, 1.82) is 0 Å². The number of carbonyl (C=O) groups is 1. The molecule has 1 fully saturated rings. The van der Waals surface area contributed by atoms with E-state index < -0.39 is 0 Å². The van der Waals surface area contributed by atoms with Crippen LogP contribution in [0, 0.1) is 17.8 Å². The zero-order valence-corrected chi connectivity index (χ0v) is 7.36. The van der Waals surface area contributed by atoms with Crippen molar-refractivity contribution in [2.45, 2.75) is 19.8 Å². The maximum Gasteiger partial charge on any atom is 0.140 e. The van der Waals surface area contributed by atoms with E-state index in [0.717, 1.165) is 6.42 Å². The number of allylic oxidation sites excluding steroid dienone is 4. The summed E-state index contributed by atoms with van der Waals surface area (Å²) in [5.41, 5.74) is 0. The Labute approximate surface area is 73.2 Å². The molecule has 0 aromatic heterocycles. The van der Waals surface area contributed by atoms with Crippen LogP contribution in [0.15, 0.2) is 24.3 Å². The van der Waals surface area contributed by atoms with Gasteiger partial charge < -0.3 is 0 Å². The molecule has 0 aliphatic heterocycles. The Hall–Kier alpha value is -0.850. The van der Waals surface area contributed by atoms with Crippen molar-refractivity contribution < 1.29 is 4.79 Å². The standard InChI is InChI=1S/C11H14O/c1-8-6-9-4-2-3-5-10(9)11(12)7-8/h2-5,8-10H,6-7H2,1H3. The van der Waals surface area contributed by atoms with Crippen molar-refractivity contribution >= 4 is 5.78 Å². The summed E-state index contributed by atoms with van der Waals surface area (Å²) in [6.07, 6.45) is 10.2. The molecule has 0 saturated heterocycles. The smallest absolute Gasteiger partial charge is 0.140 e.